The summed E-state index contributed by atoms with van der Waals surface area (Å²) in [5, 5.41) is -4.91. The molecule has 122 valence electrons. The number of ether oxygens (including phenoxy) is 1. The van der Waals surface area contributed by atoms with Crippen molar-refractivity contribution in [2.75, 3.05) is 6.61 Å². The van der Waals surface area contributed by atoms with Crippen LogP contribution in [0.15, 0.2) is 0 Å². The highest BCUT2D eigenvalue weighted by atomic mass is 32.2. The Morgan fingerprint density at radius 1 is 1.33 bits per heavy atom. The molecule has 0 amide bonds. The van der Waals surface area contributed by atoms with Gasteiger partial charge in [0, 0.05) is 5.41 Å². The average Bonchev–Trinajstić information content (AvgIpc) is 2.74. The summed E-state index contributed by atoms with van der Waals surface area (Å²) in [6.45, 7) is 1.69. The Kier molecular flexibility index (Phi) is 4.32. The quantitative estimate of drug-likeness (QED) is 0.620. The fourth-order valence-electron chi connectivity index (χ4n) is 3.77. The maximum atomic E-state index is 13.2. The molecule has 0 spiro atoms. The molecule has 0 radical (unpaired) electrons. The molecule has 0 aromatic heterocycles. The Bertz CT molecular complexity index is 505. The van der Waals surface area contributed by atoms with Crippen LogP contribution in [0.4, 0.5) is 8.78 Å². The SMILES string of the molecule is CCC1(COC(=O)C(F)(F)S(=O)(=O)O)CC2CCC(C2)C1. The predicted molar refractivity (Wildman–Crippen MR) is 70.2 cm³/mol. The van der Waals surface area contributed by atoms with E-state index < -0.39 is 21.3 Å². The first kappa shape index (κ1) is 16.6. The monoisotopic (exact) mass is 326 g/mol. The lowest BCUT2D eigenvalue weighted by Crippen LogP contribution is -2.42. The fraction of sp³-hybridized carbons (Fsp3) is 0.923. The first-order chi connectivity index (χ1) is 9.60. The van der Waals surface area contributed by atoms with Gasteiger partial charge in [-0.1, -0.05) is 19.8 Å². The maximum absolute atomic E-state index is 13.2. The summed E-state index contributed by atoms with van der Waals surface area (Å²) in [7, 11) is -5.80. The number of halogens is 2. The van der Waals surface area contributed by atoms with E-state index in [1.165, 1.54) is 0 Å². The third kappa shape index (κ3) is 3.21. The number of fused-ring (bicyclic) bond motifs is 2. The van der Waals surface area contributed by atoms with E-state index in [2.05, 4.69) is 4.74 Å². The predicted octanol–water partition coefficient (Wildman–Crippen LogP) is 2.62. The van der Waals surface area contributed by atoms with E-state index in [0.717, 1.165) is 32.1 Å². The van der Waals surface area contributed by atoms with Crippen molar-refractivity contribution in [1.82, 2.24) is 0 Å². The van der Waals surface area contributed by atoms with Crippen molar-refractivity contribution in [2.24, 2.45) is 17.3 Å². The van der Waals surface area contributed by atoms with Crippen LogP contribution in [0.1, 0.15) is 45.4 Å². The minimum absolute atomic E-state index is 0.222. The van der Waals surface area contributed by atoms with Crippen LogP contribution in [0.25, 0.3) is 0 Å². The van der Waals surface area contributed by atoms with Gasteiger partial charge in [0.2, 0.25) is 0 Å². The highest BCUT2D eigenvalue weighted by molar-refractivity contribution is 7.87. The topological polar surface area (TPSA) is 80.7 Å². The summed E-state index contributed by atoms with van der Waals surface area (Å²) in [5.74, 6) is -1.13. The molecule has 2 aliphatic carbocycles. The van der Waals surface area contributed by atoms with E-state index in [9.17, 15) is 22.0 Å². The van der Waals surface area contributed by atoms with Crippen LogP contribution in [0.5, 0.6) is 0 Å². The molecule has 0 heterocycles. The van der Waals surface area contributed by atoms with Gasteiger partial charge in [0.15, 0.2) is 0 Å². The second kappa shape index (κ2) is 5.46. The molecule has 8 heteroatoms. The number of alkyl halides is 2. The molecule has 0 aromatic carbocycles. The van der Waals surface area contributed by atoms with Gasteiger partial charge in [-0.15, -0.1) is 0 Å². The second-order valence-corrected chi connectivity index (χ2v) is 7.84. The van der Waals surface area contributed by atoms with Gasteiger partial charge in [-0.05, 0) is 37.5 Å². The standard InChI is InChI=1S/C13H20F2O5S/c1-2-12(6-9-3-4-10(5-9)7-12)8-20-11(16)13(14,15)21(17,18)19/h9-10H,2-8H2,1H3,(H,17,18,19). The lowest BCUT2D eigenvalue weighted by Gasteiger charge is -2.39. The number of hydrogen-bond acceptors (Lipinski definition) is 4. The number of esters is 1. The van der Waals surface area contributed by atoms with E-state index in [1.807, 2.05) is 6.92 Å². The Balaban J connectivity index is 2.03. The highest BCUT2D eigenvalue weighted by Crippen LogP contribution is 2.52. The van der Waals surface area contributed by atoms with E-state index in [4.69, 9.17) is 4.55 Å². The smallest absolute Gasteiger partial charge is 0.460 e. The lowest BCUT2D eigenvalue weighted by atomic mass is 9.68. The van der Waals surface area contributed by atoms with Crippen LogP contribution in [-0.2, 0) is 19.6 Å². The molecule has 2 bridgehead atoms. The molecule has 2 aliphatic rings. The minimum atomic E-state index is -5.80. The number of carbonyl (C=O) groups is 1. The number of hydrogen-bond donors (Lipinski definition) is 1. The molecule has 0 aromatic rings. The van der Waals surface area contributed by atoms with Crippen molar-refractivity contribution >= 4 is 16.1 Å². The molecule has 2 saturated carbocycles. The Morgan fingerprint density at radius 2 is 1.86 bits per heavy atom. The summed E-state index contributed by atoms with van der Waals surface area (Å²) in [6.07, 6.45) is 5.67. The van der Waals surface area contributed by atoms with E-state index >= 15 is 0 Å². The van der Waals surface area contributed by atoms with Crippen LogP contribution in [0, 0.1) is 17.3 Å². The van der Waals surface area contributed by atoms with Crippen molar-refractivity contribution in [3.8, 4) is 0 Å². The van der Waals surface area contributed by atoms with Gasteiger partial charge in [-0.2, -0.15) is 17.2 Å². The van der Waals surface area contributed by atoms with Gasteiger partial charge in [0.25, 0.3) is 0 Å². The number of rotatable bonds is 5. The molecule has 2 unspecified atom stereocenters. The lowest BCUT2D eigenvalue weighted by molar-refractivity contribution is -0.166. The van der Waals surface area contributed by atoms with E-state index in [0.29, 0.717) is 18.3 Å². The van der Waals surface area contributed by atoms with Crippen LogP contribution >= 0.6 is 0 Å². The van der Waals surface area contributed by atoms with Crippen LogP contribution in [-0.4, -0.2) is 30.8 Å². The van der Waals surface area contributed by atoms with Gasteiger partial charge in [0.05, 0.1) is 6.61 Å². The normalized spacial score (nSPS) is 33.0. The zero-order valence-corrected chi connectivity index (χ0v) is 12.7. The van der Waals surface area contributed by atoms with Crippen LogP contribution in [0.3, 0.4) is 0 Å². The van der Waals surface area contributed by atoms with Crippen molar-refractivity contribution in [1.29, 1.82) is 0 Å². The molecule has 2 fully saturated rings. The molecule has 5 nitrogen and oxygen atoms in total. The summed E-state index contributed by atoms with van der Waals surface area (Å²) >= 11 is 0. The first-order valence-corrected chi connectivity index (χ1v) is 8.56. The Hall–Kier alpha value is -0.760. The van der Waals surface area contributed by atoms with Crippen molar-refractivity contribution in [2.45, 2.75) is 50.7 Å². The Labute approximate surface area is 122 Å². The Morgan fingerprint density at radius 3 is 2.29 bits per heavy atom. The van der Waals surface area contributed by atoms with Gasteiger partial charge >= 0.3 is 21.3 Å². The summed E-state index contributed by atoms with van der Waals surface area (Å²) in [5.41, 5.74) is -0.352. The zero-order chi connectivity index (χ0) is 15.9. The molecule has 1 N–H and O–H groups in total. The summed E-state index contributed by atoms with van der Waals surface area (Å²) < 4.78 is 60.3. The third-order valence-corrected chi connectivity index (χ3v) is 5.73. The largest absolute Gasteiger partial charge is 0.465 e. The van der Waals surface area contributed by atoms with Gasteiger partial charge < -0.3 is 4.74 Å². The van der Waals surface area contributed by atoms with Gasteiger partial charge in [-0.25, -0.2) is 4.79 Å². The first-order valence-electron chi connectivity index (χ1n) is 7.12. The molecular formula is C13H20F2O5S. The highest BCUT2D eigenvalue weighted by Gasteiger charge is 2.55. The fourth-order valence-corrected chi connectivity index (χ4v) is 4.04. The second-order valence-electron chi connectivity index (χ2n) is 6.37. The van der Waals surface area contributed by atoms with E-state index in [-0.39, 0.29) is 12.0 Å². The molecule has 0 saturated heterocycles. The zero-order valence-electron chi connectivity index (χ0n) is 11.8. The molecule has 21 heavy (non-hydrogen) atoms. The van der Waals surface area contributed by atoms with Crippen molar-refractivity contribution < 1.29 is 31.3 Å². The van der Waals surface area contributed by atoms with Gasteiger partial charge in [-0.3, -0.25) is 4.55 Å². The van der Waals surface area contributed by atoms with Crippen LogP contribution < -0.4 is 0 Å². The average molecular weight is 326 g/mol. The van der Waals surface area contributed by atoms with Crippen molar-refractivity contribution in [3.05, 3.63) is 0 Å². The summed E-state index contributed by atoms with van der Waals surface area (Å²) in [6, 6.07) is 0. The molecule has 2 rings (SSSR count). The van der Waals surface area contributed by atoms with Gasteiger partial charge in [0.1, 0.15) is 0 Å². The maximum Gasteiger partial charge on any atom is 0.465 e. The van der Waals surface area contributed by atoms with Crippen LogP contribution in [0.2, 0.25) is 0 Å². The molecule has 0 aliphatic heterocycles. The van der Waals surface area contributed by atoms with E-state index in [1.54, 1.807) is 0 Å². The molecular weight excluding hydrogens is 306 g/mol. The minimum Gasteiger partial charge on any atom is -0.460 e. The third-order valence-electron chi connectivity index (χ3n) is 4.91. The van der Waals surface area contributed by atoms with Crippen molar-refractivity contribution in [3.63, 3.8) is 0 Å². The summed E-state index contributed by atoms with van der Waals surface area (Å²) in [4.78, 5) is 11.3. The number of carbonyl (C=O) groups excluding carboxylic acids is 1. The molecule has 2 atom stereocenters.